The van der Waals surface area contributed by atoms with Gasteiger partial charge in [-0.25, -0.2) is 4.79 Å². The molecule has 0 bridgehead atoms. The number of hydrogen-bond donors (Lipinski definition) is 2. The molecule has 6 heteroatoms. The van der Waals surface area contributed by atoms with Gasteiger partial charge in [-0.2, -0.15) is 0 Å². The van der Waals surface area contributed by atoms with E-state index in [2.05, 4.69) is 39.8 Å². The van der Waals surface area contributed by atoms with Gasteiger partial charge in [0.25, 0.3) is 0 Å². The number of amides is 3. The molecular formula is C26H44N4O2. The molecular weight excluding hydrogens is 400 g/mol. The summed E-state index contributed by atoms with van der Waals surface area (Å²) in [5.41, 5.74) is 2.27. The number of rotatable bonds is 4. The molecule has 1 aliphatic rings. The summed E-state index contributed by atoms with van der Waals surface area (Å²) in [5.74, 6) is 0.209. The Hall–Kier alpha value is -2.86. The summed E-state index contributed by atoms with van der Waals surface area (Å²) in [6.45, 7) is 12.9. The monoisotopic (exact) mass is 444 g/mol. The second-order valence-electron chi connectivity index (χ2n) is 6.20. The van der Waals surface area contributed by atoms with E-state index < -0.39 is 0 Å². The third kappa shape index (κ3) is 12.1. The van der Waals surface area contributed by atoms with E-state index in [1.807, 2.05) is 75.9 Å². The van der Waals surface area contributed by atoms with Crippen molar-refractivity contribution in [1.29, 1.82) is 0 Å². The van der Waals surface area contributed by atoms with Crippen LogP contribution in [0.15, 0.2) is 60.7 Å². The second-order valence-corrected chi connectivity index (χ2v) is 6.20. The van der Waals surface area contributed by atoms with Crippen LogP contribution in [-0.2, 0) is 11.3 Å². The first kappa shape index (κ1) is 31.3. The number of hydrogen-bond acceptors (Lipinski definition) is 3. The lowest BCUT2D eigenvalue weighted by Gasteiger charge is -2.35. The zero-order valence-electron chi connectivity index (χ0n) is 20.0. The van der Waals surface area contributed by atoms with Gasteiger partial charge < -0.3 is 10.6 Å². The Morgan fingerprint density at radius 3 is 1.94 bits per heavy atom. The smallest absolute Gasteiger partial charge is 0.314 e. The molecule has 0 spiro atoms. The van der Waals surface area contributed by atoms with Gasteiger partial charge in [-0.05, 0) is 24.6 Å². The summed E-state index contributed by atoms with van der Waals surface area (Å²) >= 11 is 0. The molecule has 6 nitrogen and oxygen atoms in total. The number of benzene rings is 2. The molecule has 2 aromatic carbocycles. The summed E-state index contributed by atoms with van der Waals surface area (Å²) in [4.78, 5) is 26.5. The highest BCUT2D eigenvalue weighted by Crippen LogP contribution is 2.19. The van der Waals surface area contributed by atoms with Gasteiger partial charge in [-0.1, -0.05) is 83.7 Å². The Morgan fingerprint density at radius 2 is 1.47 bits per heavy atom. The summed E-state index contributed by atoms with van der Waals surface area (Å²) < 4.78 is 0. The van der Waals surface area contributed by atoms with Crippen molar-refractivity contribution in [3.05, 3.63) is 66.2 Å². The molecule has 1 aliphatic heterocycles. The van der Waals surface area contributed by atoms with Crippen LogP contribution in [0, 0.1) is 0 Å². The largest absolute Gasteiger partial charge is 0.341 e. The Kier molecular flexibility index (Phi) is 19.6. The number of para-hydroxylation sites is 1. The molecule has 3 rings (SSSR count). The maximum Gasteiger partial charge on any atom is 0.314 e. The van der Waals surface area contributed by atoms with E-state index >= 15 is 0 Å². The molecule has 0 aromatic heterocycles. The molecule has 0 saturated carbocycles. The number of anilines is 1. The van der Waals surface area contributed by atoms with Crippen molar-refractivity contribution in [3.8, 4) is 0 Å². The van der Waals surface area contributed by atoms with E-state index in [0.717, 1.165) is 18.8 Å². The Bertz CT molecular complexity index is 708. The maximum absolute atomic E-state index is 12.1. The van der Waals surface area contributed by atoms with Gasteiger partial charge in [0.05, 0.1) is 6.67 Å². The molecule has 2 N–H and O–H groups in total. The molecule has 1 heterocycles. The van der Waals surface area contributed by atoms with Gasteiger partial charge in [-0.3, -0.25) is 14.6 Å². The SMILES string of the molecule is C.CC.CC.CCNC(=O)NC.O=C1CCN(Cc2ccccc2)CN1c1ccccc1. The zero-order chi connectivity index (χ0) is 23.5. The summed E-state index contributed by atoms with van der Waals surface area (Å²) in [5, 5.41) is 4.96. The minimum Gasteiger partial charge on any atom is -0.341 e. The van der Waals surface area contributed by atoms with E-state index in [4.69, 9.17) is 0 Å². The van der Waals surface area contributed by atoms with Gasteiger partial charge in [0.2, 0.25) is 5.91 Å². The van der Waals surface area contributed by atoms with Gasteiger partial charge in [-0.15, -0.1) is 0 Å². The first-order valence-electron chi connectivity index (χ1n) is 11.2. The van der Waals surface area contributed by atoms with Crippen molar-refractivity contribution in [3.63, 3.8) is 0 Å². The van der Waals surface area contributed by atoms with Crippen molar-refractivity contribution in [2.24, 2.45) is 0 Å². The van der Waals surface area contributed by atoms with Gasteiger partial charge in [0.15, 0.2) is 0 Å². The van der Waals surface area contributed by atoms with E-state index in [0.29, 0.717) is 19.6 Å². The van der Waals surface area contributed by atoms with E-state index in [1.54, 1.807) is 7.05 Å². The number of nitrogens with zero attached hydrogens (tertiary/aromatic N) is 2. The second kappa shape index (κ2) is 20.1. The fourth-order valence-electron chi connectivity index (χ4n) is 2.79. The maximum atomic E-state index is 12.1. The van der Waals surface area contributed by atoms with Crippen LogP contribution in [0.5, 0.6) is 0 Å². The topological polar surface area (TPSA) is 64.7 Å². The molecule has 0 unspecified atom stereocenters. The predicted molar refractivity (Wildman–Crippen MR) is 138 cm³/mol. The highest BCUT2D eigenvalue weighted by atomic mass is 16.2. The van der Waals surface area contributed by atoms with E-state index in [9.17, 15) is 9.59 Å². The first-order chi connectivity index (χ1) is 15.1. The summed E-state index contributed by atoms with van der Waals surface area (Å²) in [6, 6.07) is 20.2. The third-order valence-corrected chi connectivity index (χ3v) is 4.17. The molecule has 0 atom stereocenters. The Balaban J connectivity index is 0. The minimum atomic E-state index is -0.123. The van der Waals surface area contributed by atoms with Crippen LogP contribution >= 0.6 is 0 Å². The van der Waals surface area contributed by atoms with Crippen molar-refractivity contribution in [1.82, 2.24) is 15.5 Å². The van der Waals surface area contributed by atoms with Crippen molar-refractivity contribution in [2.75, 3.05) is 31.7 Å². The molecule has 1 fully saturated rings. The van der Waals surface area contributed by atoms with Crippen LogP contribution in [0.4, 0.5) is 10.5 Å². The Labute approximate surface area is 196 Å². The molecule has 2 aromatic rings. The predicted octanol–water partition coefficient (Wildman–Crippen LogP) is 5.51. The molecule has 0 radical (unpaired) electrons. The van der Waals surface area contributed by atoms with Crippen LogP contribution < -0.4 is 15.5 Å². The van der Waals surface area contributed by atoms with Crippen molar-refractivity contribution >= 4 is 17.6 Å². The van der Waals surface area contributed by atoms with Crippen molar-refractivity contribution < 1.29 is 9.59 Å². The normalized spacial score (nSPS) is 12.3. The lowest BCUT2D eigenvalue weighted by atomic mass is 10.2. The van der Waals surface area contributed by atoms with E-state index in [-0.39, 0.29) is 19.4 Å². The number of carbonyl (C=O) groups excluding carboxylic acids is 2. The highest BCUT2D eigenvalue weighted by molar-refractivity contribution is 5.94. The minimum absolute atomic E-state index is 0. The van der Waals surface area contributed by atoms with Crippen LogP contribution in [0.1, 0.15) is 54.0 Å². The van der Waals surface area contributed by atoms with E-state index in [1.165, 1.54) is 5.56 Å². The molecule has 32 heavy (non-hydrogen) atoms. The van der Waals surface area contributed by atoms with Crippen molar-refractivity contribution in [2.45, 2.75) is 55.0 Å². The lowest BCUT2D eigenvalue weighted by Crippen LogP contribution is -2.47. The standard InChI is InChI=1S/C17H18N2O.C4H10N2O.2C2H6.CH4/c20-17-11-12-18(13-15-7-3-1-4-8-15)14-19(17)16-9-5-2-6-10-16;1-3-6-4(7)5-2;2*1-2;/h1-10H,11-14H2;3H2,1-2H3,(H2,5,6,7);2*1-2H3;1H4. The fourth-order valence-corrected chi connectivity index (χ4v) is 2.79. The lowest BCUT2D eigenvalue weighted by molar-refractivity contribution is -0.121. The Morgan fingerprint density at radius 1 is 0.938 bits per heavy atom. The molecule has 3 amide bonds. The number of nitrogens with one attached hydrogen (secondary N) is 2. The average Bonchev–Trinajstić information content (AvgIpc) is 2.84. The number of urea groups is 1. The first-order valence-corrected chi connectivity index (χ1v) is 11.2. The van der Waals surface area contributed by atoms with Gasteiger partial charge >= 0.3 is 6.03 Å². The van der Waals surface area contributed by atoms with Crippen LogP contribution in [-0.4, -0.2) is 43.6 Å². The molecule has 180 valence electrons. The van der Waals surface area contributed by atoms with Crippen LogP contribution in [0.2, 0.25) is 0 Å². The zero-order valence-corrected chi connectivity index (χ0v) is 20.0. The summed E-state index contributed by atoms with van der Waals surface area (Å²) in [7, 11) is 1.59. The van der Waals surface area contributed by atoms with Crippen LogP contribution in [0.25, 0.3) is 0 Å². The highest BCUT2D eigenvalue weighted by Gasteiger charge is 2.24. The van der Waals surface area contributed by atoms with Gasteiger partial charge in [0.1, 0.15) is 0 Å². The third-order valence-electron chi connectivity index (χ3n) is 4.17. The van der Waals surface area contributed by atoms with Gasteiger partial charge in [0, 0.05) is 38.8 Å². The summed E-state index contributed by atoms with van der Waals surface area (Å²) in [6.07, 6.45) is 0.585. The molecule has 0 aliphatic carbocycles. The molecule has 1 saturated heterocycles. The van der Waals surface area contributed by atoms with Crippen LogP contribution in [0.3, 0.4) is 0 Å². The quantitative estimate of drug-likeness (QED) is 0.654. The number of carbonyl (C=O) groups is 2. The fraction of sp³-hybridized carbons (Fsp3) is 0.462. The average molecular weight is 445 g/mol.